The molecule has 9 heteroatoms. The molecule has 0 radical (unpaired) electrons. The first-order chi connectivity index (χ1) is 7.97. The van der Waals surface area contributed by atoms with E-state index in [2.05, 4.69) is 9.88 Å². The molecule has 1 atom stereocenters. The number of hydrogen-bond donors (Lipinski definition) is 3. The Kier molecular flexibility index (Phi) is 5.12. The minimum absolute atomic E-state index is 0.00493. The lowest BCUT2D eigenvalue weighted by Gasteiger charge is -2.26. The van der Waals surface area contributed by atoms with E-state index < -0.39 is 10.2 Å². The zero-order valence-corrected chi connectivity index (χ0v) is 10.5. The maximum absolute atomic E-state index is 11.8. The Morgan fingerprint density at radius 3 is 2.71 bits per heavy atom. The maximum atomic E-state index is 11.8. The van der Waals surface area contributed by atoms with Gasteiger partial charge >= 0.3 is 0 Å². The van der Waals surface area contributed by atoms with Crippen LogP contribution in [0.2, 0.25) is 0 Å². The summed E-state index contributed by atoms with van der Waals surface area (Å²) in [6.07, 6.45) is 0. The second-order valence-electron chi connectivity index (χ2n) is 3.79. The zero-order chi connectivity index (χ0) is 12.9. The molecular weight excluding hydrogens is 248 g/mol. The molecule has 1 rings (SSSR count). The molecule has 0 saturated carbocycles. The summed E-state index contributed by atoms with van der Waals surface area (Å²) in [6.45, 7) is 3.24. The van der Waals surface area contributed by atoms with Crippen molar-refractivity contribution in [1.29, 1.82) is 0 Å². The van der Waals surface area contributed by atoms with Crippen LogP contribution >= 0.6 is 0 Å². The Labute approximate surface area is 101 Å². The summed E-state index contributed by atoms with van der Waals surface area (Å²) in [7, 11) is -3.51. The summed E-state index contributed by atoms with van der Waals surface area (Å²) in [4.78, 5) is 0. The highest BCUT2D eigenvalue weighted by Crippen LogP contribution is 2.03. The van der Waals surface area contributed by atoms with E-state index in [-0.39, 0.29) is 18.3 Å². The molecule has 8 nitrogen and oxygen atoms in total. The van der Waals surface area contributed by atoms with Gasteiger partial charge in [-0.15, -0.1) is 0 Å². The molecule has 1 heterocycles. The van der Waals surface area contributed by atoms with Crippen LogP contribution < -0.4 is 10.5 Å². The number of amidine groups is 1. The SMILES string of the molecule is CC(CNS(=O)(=O)N1CCOCC1)/C(N)=N/O. The highest BCUT2D eigenvalue weighted by atomic mass is 32.2. The molecule has 0 aromatic heterocycles. The van der Waals surface area contributed by atoms with Crippen LogP contribution in [0.1, 0.15) is 6.92 Å². The van der Waals surface area contributed by atoms with Gasteiger partial charge in [-0.05, 0) is 0 Å². The van der Waals surface area contributed by atoms with Crippen LogP contribution in [0, 0.1) is 5.92 Å². The second-order valence-corrected chi connectivity index (χ2v) is 5.55. The van der Waals surface area contributed by atoms with Crippen LogP contribution in [0.15, 0.2) is 5.16 Å². The lowest BCUT2D eigenvalue weighted by Crippen LogP contribution is -2.48. The molecule has 1 aliphatic rings. The first-order valence-corrected chi connectivity index (χ1v) is 6.71. The Balaban J connectivity index is 2.49. The molecule has 17 heavy (non-hydrogen) atoms. The summed E-state index contributed by atoms with van der Waals surface area (Å²) in [5.41, 5.74) is 5.36. The van der Waals surface area contributed by atoms with Gasteiger partial charge in [-0.3, -0.25) is 0 Å². The Morgan fingerprint density at radius 2 is 2.18 bits per heavy atom. The molecule has 100 valence electrons. The standard InChI is InChI=1S/C8H18N4O4S/c1-7(8(9)11-13)6-10-17(14,15)12-2-4-16-5-3-12/h7,10,13H,2-6H2,1H3,(H2,9,11). The smallest absolute Gasteiger partial charge is 0.279 e. The van der Waals surface area contributed by atoms with Gasteiger partial charge in [0.2, 0.25) is 0 Å². The number of morpholine rings is 1. The van der Waals surface area contributed by atoms with Gasteiger partial charge < -0.3 is 15.7 Å². The van der Waals surface area contributed by atoms with Crippen LogP contribution in [0.3, 0.4) is 0 Å². The fraction of sp³-hybridized carbons (Fsp3) is 0.875. The third-order valence-electron chi connectivity index (χ3n) is 2.50. The number of hydrogen-bond acceptors (Lipinski definition) is 5. The summed E-state index contributed by atoms with van der Waals surface area (Å²) >= 11 is 0. The summed E-state index contributed by atoms with van der Waals surface area (Å²) in [5, 5.41) is 11.3. The molecule has 1 fully saturated rings. The molecular formula is C8H18N4O4S. The minimum atomic E-state index is -3.51. The lowest BCUT2D eigenvalue weighted by atomic mass is 10.2. The van der Waals surface area contributed by atoms with E-state index >= 15 is 0 Å². The topological polar surface area (TPSA) is 117 Å². The lowest BCUT2D eigenvalue weighted by molar-refractivity contribution is 0.0725. The quantitative estimate of drug-likeness (QED) is 0.243. The van der Waals surface area contributed by atoms with Crippen molar-refractivity contribution in [1.82, 2.24) is 9.03 Å². The van der Waals surface area contributed by atoms with Gasteiger partial charge in [-0.25, -0.2) is 4.72 Å². The minimum Gasteiger partial charge on any atom is -0.409 e. The van der Waals surface area contributed by atoms with Crippen molar-refractivity contribution >= 4 is 16.0 Å². The molecule has 0 aromatic rings. The molecule has 1 unspecified atom stereocenters. The zero-order valence-electron chi connectivity index (χ0n) is 9.66. The monoisotopic (exact) mass is 266 g/mol. The molecule has 4 N–H and O–H groups in total. The number of nitrogens with one attached hydrogen (secondary N) is 1. The van der Waals surface area contributed by atoms with Gasteiger partial charge in [-0.2, -0.15) is 12.7 Å². The third kappa shape index (κ3) is 4.11. The molecule has 0 amide bonds. The highest BCUT2D eigenvalue weighted by Gasteiger charge is 2.24. The highest BCUT2D eigenvalue weighted by molar-refractivity contribution is 7.87. The van der Waals surface area contributed by atoms with Crippen molar-refractivity contribution in [3.63, 3.8) is 0 Å². The molecule has 1 aliphatic heterocycles. The number of oxime groups is 1. The van der Waals surface area contributed by atoms with Gasteiger partial charge in [0.15, 0.2) is 0 Å². The Morgan fingerprint density at radius 1 is 1.59 bits per heavy atom. The van der Waals surface area contributed by atoms with Crippen molar-refractivity contribution in [2.45, 2.75) is 6.92 Å². The predicted octanol–water partition coefficient (Wildman–Crippen LogP) is -1.46. The largest absolute Gasteiger partial charge is 0.409 e. The average molecular weight is 266 g/mol. The van der Waals surface area contributed by atoms with Crippen molar-refractivity contribution in [3.05, 3.63) is 0 Å². The molecule has 0 aromatic carbocycles. The first kappa shape index (κ1) is 14.2. The average Bonchev–Trinajstić information content (AvgIpc) is 2.36. The normalized spacial score (nSPS) is 21.4. The second kappa shape index (κ2) is 6.15. The van der Waals surface area contributed by atoms with E-state index in [0.717, 1.165) is 0 Å². The summed E-state index contributed by atoms with van der Waals surface area (Å²) in [5.74, 6) is -0.370. The van der Waals surface area contributed by atoms with E-state index in [0.29, 0.717) is 26.3 Å². The molecule has 0 aliphatic carbocycles. The van der Waals surface area contributed by atoms with E-state index in [9.17, 15) is 8.42 Å². The molecule has 0 bridgehead atoms. The van der Waals surface area contributed by atoms with Gasteiger partial charge in [-0.1, -0.05) is 12.1 Å². The van der Waals surface area contributed by atoms with Crippen molar-refractivity contribution in [3.8, 4) is 0 Å². The third-order valence-corrected chi connectivity index (χ3v) is 4.08. The Bertz CT molecular complexity index is 364. The van der Waals surface area contributed by atoms with Crippen molar-refractivity contribution < 1.29 is 18.4 Å². The van der Waals surface area contributed by atoms with Crippen LogP contribution in [0.5, 0.6) is 0 Å². The van der Waals surface area contributed by atoms with Crippen molar-refractivity contribution in [2.24, 2.45) is 16.8 Å². The number of rotatable bonds is 5. The van der Waals surface area contributed by atoms with Gasteiger partial charge in [0, 0.05) is 25.6 Å². The van der Waals surface area contributed by atoms with E-state index in [1.807, 2.05) is 0 Å². The van der Waals surface area contributed by atoms with Crippen LogP contribution in [0.25, 0.3) is 0 Å². The predicted molar refractivity (Wildman–Crippen MR) is 61.9 cm³/mol. The van der Waals surface area contributed by atoms with E-state index in [1.54, 1.807) is 6.92 Å². The Hall–Kier alpha value is -0.900. The maximum Gasteiger partial charge on any atom is 0.279 e. The van der Waals surface area contributed by atoms with Crippen LogP contribution in [0.4, 0.5) is 0 Å². The summed E-state index contributed by atoms with van der Waals surface area (Å²) in [6, 6.07) is 0. The molecule has 1 saturated heterocycles. The first-order valence-electron chi connectivity index (χ1n) is 5.27. The van der Waals surface area contributed by atoms with Gasteiger partial charge in [0.05, 0.1) is 13.2 Å². The van der Waals surface area contributed by atoms with Crippen LogP contribution in [-0.2, 0) is 14.9 Å². The fourth-order valence-corrected chi connectivity index (χ4v) is 2.58. The van der Waals surface area contributed by atoms with Gasteiger partial charge in [0.25, 0.3) is 10.2 Å². The number of nitrogens with two attached hydrogens (primary N) is 1. The van der Waals surface area contributed by atoms with Crippen molar-refractivity contribution in [2.75, 3.05) is 32.8 Å². The number of ether oxygens (including phenoxy) is 1. The summed E-state index contributed by atoms with van der Waals surface area (Å²) < 4.78 is 32.4. The fourth-order valence-electron chi connectivity index (χ4n) is 1.31. The van der Waals surface area contributed by atoms with Gasteiger partial charge in [0.1, 0.15) is 5.84 Å². The number of nitrogens with zero attached hydrogens (tertiary/aromatic N) is 2. The van der Waals surface area contributed by atoms with Crippen LogP contribution in [-0.4, -0.2) is 56.6 Å². The van der Waals surface area contributed by atoms with E-state index in [4.69, 9.17) is 15.7 Å². The molecule has 0 spiro atoms. The van der Waals surface area contributed by atoms with E-state index in [1.165, 1.54) is 4.31 Å².